The van der Waals surface area contributed by atoms with Crippen LogP contribution < -0.4 is 16.0 Å². The van der Waals surface area contributed by atoms with E-state index in [4.69, 9.17) is 20.6 Å². The summed E-state index contributed by atoms with van der Waals surface area (Å²) in [5, 5.41) is 5.50. The molecule has 1 aliphatic rings. The minimum atomic E-state index is -2.72. The number of benzene rings is 1. The number of pyridine rings is 1. The average molecular weight is 605 g/mol. The van der Waals surface area contributed by atoms with Crippen molar-refractivity contribution in [2.45, 2.75) is 44.8 Å². The van der Waals surface area contributed by atoms with Crippen LogP contribution in [0.5, 0.6) is 5.19 Å². The zero-order valence-electron chi connectivity index (χ0n) is 22.8. The average Bonchev–Trinajstić information content (AvgIpc) is 3.57. The number of anilines is 1. The number of aryl methyl sites for hydroxylation is 1. The summed E-state index contributed by atoms with van der Waals surface area (Å²) in [6, 6.07) is 8.70. The molecule has 0 unspecified atom stereocenters. The Morgan fingerprint density at radius 1 is 1.16 bits per heavy atom. The number of hydrogen-bond acceptors (Lipinski definition) is 9. The molecule has 5 heterocycles. The van der Waals surface area contributed by atoms with Crippen LogP contribution in [-0.4, -0.2) is 46.1 Å². The van der Waals surface area contributed by atoms with Gasteiger partial charge in [0.15, 0.2) is 5.65 Å². The Labute approximate surface area is 245 Å². The van der Waals surface area contributed by atoms with Crippen molar-refractivity contribution in [3.05, 3.63) is 82.5 Å². The molecule has 0 bridgehead atoms. The van der Waals surface area contributed by atoms with Crippen LogP contribution >= 0.6 is 11.3 Å². The molecule has 7 rings (SSSR count). The van der Waals surface area contributed by atoms with E-state index in [1.165, 1.54) is 35.1 Å². The Morgan fingerprint density at radius 3 is 2.74 bits per heavy atom. The predicted molar refractivity (Wildman–Crippen MR) is 155 cm³/mol. The highest BCUT2D eigenvalue weighted by molar-refractivity contribution is 7.16. The number of ether oxygens (including phenoxy) is 1. The molecule has 0 spiro atoms. The number of thiazole rings is 1. The van der Waals surface area contributed by atoms with E-state index in [1.54, 1.807) is 23.0 Å². The molecule has 1 saturated carbocycles. The largest absolute Gasteiger partial charge is 0.466 e. The maximum Gasteiger partial charge on any atom is 0.274 e. The molecule has 14 heteroatoms. The number of fused-ring (bicyclic) bond motifs is 2. The summed E-state index contributed by atoms with van der Waals surface area (Å²) >= 11 is 1.14. The highest BCUT2D eigenvalue weighted by Gasteiger charge is 2.47. The number of rotatable bonds is 6. The fourth-order valence-corrected chi connectivity index (χ4v) is 6.11. The molecule has 10 nitrogen and oxygen atoms in total. The summed E-state index contributed by atoms with van der Waals surface area (Å²) in [7, 11) is 0. The van der Waals surface area contributed by atoms with Crippen LogP contribution in [0.2, 0.25) is 0 Å². The first kappa shape index (κ1) is 27.0. The smallest absolute Gasteiger partial charge is 0.274 e. The van der Waals surface area contributed by atoms with Crippen molar-refractivity contribution < 1.29 is 17.9 Å². The van der Waals surface area contributed by atoms with Gasteiger partial charge in [0.05, 0.1) is 33.8 Å². The first-order chi connectivity index (χ1) is 20.6. The van der Waals surface area contributed by atoms with Crippen molar-refractivity contribution in [3.63, 3.8) is 0 Å². The van der Waals surface area contributed by atoms with Gasteiger partial charge < -0.3 is 10.5 Å². The first-order valence-electron chi connectivity index (χ1n) is 13.4. The van der Waals surface area contributed by atoms with E-state index in [2.05, 4.69) is 15.0 Å². The lowest BCUT2D eigenvalue weighted by molar-refractivity contribution is -0.134. The molecule has 1 aliphatic carbocycles. The van der Waals surface area contributed by atoms with Gasteiger partial charge in [-0.3, -0.25) is 9.20 Å². The van der Waals surface area contributed by atoms with E-state index in [9.17, 15) is 18.0 Å². The summed E-state index contributed by atoms with van der Waals surface area (Å²) < 4.78 is 49.7. The van der Waals surface area contributed by atoms with Crippen LogP contribution in [0.25, 0.3) is 38.4 Å². The van der Waals surface area contributed by atoms with Gasteiger partial charge in [0.1, 0.15) is 35.4 Å². The van der Waals surface area contributed by atoms with Gasteiger partial charge in [-0.05, 0) is 43.2 Å². The molecule has 5 aromatic heterocycles. The van der Waals surface area contributed by atoms with Crippen molar-refractivity contribution in [1.82, 2.24) is 34.1 Å². The summed E-state index contributed by atoms with van der Waals surface area (Å²) in [5.74, 6) is -3.05. The molecule has 0 saturated heterocycles. The molecule has 2 N–H and O–H groups in total. The van der Waals surface area contributed by atoms with E-state index in [-0.39, 0.29) is 35.0 Å². The number of alkyl halides is 2. The maximum atomic E-state index is 14.4. The Hall–Kier alpha value is -4.85. The topological polar surface area (TPSA) is 126 Å². The Morgan fingerprint density at radius 2 is 1.98 bits per heavy atom. The normalized spacial score (nSPS) is 15.6. The fourth-order valence-electron chi connectivity index (χ4n) is 5.29. The predicted octanol–water partition coefficient (Wildman–Crippen LogP) is 5.44. The summed E-state index contributed by atoms with van der Waals surface area (Å²) in [6.07, 6.45) is 3.20. The van der Waals surface area contributed by atoms with Crippen LogP contribution in [0.3, 0.4) is 0 Å². The first-order valence-corrected chi connectivity index (χ1v) is 14.2. The number of nitrogens with two attached hydrogens (primary N) is 1. The Bertz CT molecular complexity index is 2100. The van der Waals surface area contributed by atoms with E-state index in [0.717, 1.165) is 16.9 Å². The monoisotopic (exact) mass is 604 g/mol. The highest BCUT2D eigenvalue weighted by Crippen LogP contribution is 2.42. The molecule has 43 heavy (non-hydrogen) atoms. The summed E-state index contributed by atoms with van der Waals surface area (Å²) in [6.45, 7) is 3.67. The van der Waals surface area contributed by atoms with Crippen molar-refractivity contribution in [2.24, 2.45) is 0 Å². The lowest BCUT2D eigenvalue weighted by Gasteiger charge is -2.33. The lowest BCUT2D eigenvalue weighted by atomic mass is 9.91. The molecule has 1 atom stereocenters. The second-order valence-electron chi connectivity index (χ2n) is 10.5. The Kier molecular flexibility index (Phi) is 6.20. The zero-order chi connectivity index (χ0) is 30.0. The third-order valence-electron chi connectivity index (χ3n) is 7.43. The standard InChI is InChI=1S/C29H23F3N8O2S/c1-14-6-7-20-37-23(21(27(41)39(20)12-14)16-4-3-5-17(30)8-16)15(2)40-26-22(25(33)35-13-36-26)24(38-40)19-11-34-28(43-19)42-18-9-29(31,32)10-18/h3-8,11-13,15,18H,9-10H2,1-2H3,(H2,33,35,36)/t15-/m1/s1. The number of nitrogen functional groups attached to an aromatic ring is 1. The molecule has 0 radical (unpaired) electrons. The van der Waals surface area contributed by atoms with Gasteiger partial charge in [-0.15, -0.1) is 0 Å². The molecule has 6 aromatic rings. The van der Waals surface area contributed by atoms with Gasteiger partial charge in [0.25, 0.3) is 16.7 Å². The quantitative estimate of drug-likeness (QED) is 0.266. The van der Waals surface area contributed by atoms with Crippen molar-refractivity contribution in [1.29, 1.82) is 0 Å². The molecule has 1 fully saturated rings. The van der Waals surface area contributed by atoms with Gasteiger partial charge in [-0.2, -0.15) is 5.10 Å². The molecule has 0 amide bonds. The number of hydrogen-bond donors (Lipinski definition) is 1. The second kappa shape index (κ2) is 9.87. The van der Waals surface area contributed by atoms with Gasteiger partial charge >= 0.3 is 0 Å². The molecule has 218 valence electrons. The van der Waals surface area contributed by atoms with Gasteiger partial charge in [0, 0.05) is 19.0 Å². The number of halogens is 3. The fraction of sp³-hybridized carbons (Fsp3) is 0.241. The van der Waals surface area contributed by atoms with Gasteiger partial charge in [-0.25, -0.2) is 37.8 Å². The van der Waals surface area contributed by atoms with Gasteiger partial charge in [-0.1, -0.05) is 29.5 Å². The minimum absolute atomic E-state index is 0.167. The van der Waals surface area contributed by atoms with Crippen molar-refractivity contribution >= 4 is 33.8 Å². The third kappa shape index (κ3) is 4.67. The van der Waals surface area contributed by atoms with Crippen LogP contribution in [0.4, 0.5) is 19.0 Å². The third-order valence-corrected chi connectivity index (χ3v) is 8.33. The van der Waals surface area contributed by atoms with Crippen LogP contribution in [0, 0.1) is 12.7 Å². The van der Waals surface area contributed by atoms with Crippen LogP contribution in [0.15, 0.2) is 59.9 Å². The van der Waals surface area contributed by atoms with Crippen molar-refractivity contribution in [2.75, 3.05) is 5.73 Å². The SMILES string of the molecule is Cc1ccc2nc([C@@H](C)n3nc(-c4cnc(OC5CC(F)(F)C5)s4)c4c(N)ncnc43)c(-c3cccc(F)c3)c(=O)n2c1. The number of aromatic nitrogens is 7. The van der Waals surface area contributed by atoms with E-state index >= 15 is 0 Å². The Balaban J connectivity index is 1.38. The molecular weight excluding hydrogens is 581 g/mol. The van der Waals surface area contributed by atoms with Gasteiger partial charge in [0.2, 0.25) is 0 Å². The maximum absolute atomic E-state index is 14.4. The molecule has 1 aromatic carbocycles. The van der Waals surface area contributed by atoms with Crippen molar-refractivity contribution in [3.8, 4) is 26.9 Å². The molecular formula is C29H23F3N8O2S. The highest BCUT2D eigenvalue weighted by atomic mass is 32.1. The summed E-state index contributed by atoms with van der Waals surface area (Å²) in [4.78, 5) is 32.2. The number of nitrogens with zero attached hydrogens (tertiary/aromatic N) is 7. The summed E-state index contributed by atoms with van der Waals surface area (Å²) in [5.41, 5.74) is 8.93. The van der Waals surface area contributed by atoms with Crippen LogP contribution in [-0.2, 0) is 0 Å². The van der Waals surface area contributed by atoms with E-state index in [0.29, 0.717) is 38.5 Å². The van der Waals surface area contributed by atoms with E-state index < -0.39 is 23.9 Å². The minimum Gasteiger partial charge on any atom is -0.466 e. The zero-order valence-corrected chi connectivity index (χ0v) is 23.6. The second-order valence-corrected chi connectivity index (χ2v) is 11.5. The molecule has 0 aliphatic heterocycles. The lowest BCUT2D eigenvalue weighted by Crippen LogP contribution is -2.43. The van der Waals surface area contributed by atoms with Crippen LogP contribution in [0.1, 0.15) is 37.1 Å². The van der Waals surface area contributed by atoms with E-state index in [1.807, 2.05) is 19.9 Å².